The molecule has 46 heavy (non-hydrogen) atoms. The Kier molecular flexibility index (Phi) is 4.66. The molecule has 3 nitrogen and oxygen atoms in total. The van der Waals surface area contributed by atoms with Gasteiger partial charge in [0.1, 0.15) is 0 Å². The summed E-state index contributed by atoms with van der Waals surface area (Å²) in [4.78, 5) is 0. The van der Waals surface area contributed by atoms with Gasteiger partial charge < -0.3 is 13.9 Å². The molecular formula is C42H25BN2O. The topological polar surface area (TPSA) is 19.1 Å². The molecule has 2 aliphatic rings. The Hall–Kier alpha value is -6.00. The minimum Gasteiger partial charge on any atom is -0.453 e. The van der Waals surface area contributed by atoms with Gasteiger partial charge in [0.2, 0.25) is 6.71 Å². The van der Waals surface area contributed by atoms with Crippen molar-refractivity contribution in [1.29, 1.82) is 0 Å². The van der Waals surface area contributed by atoms with Gasteiger partial charge in [0.15, 0.2) is 11.5 Å². The molecule has 0 radical (unpaired) electrons. The maximum Gasteiger partial charge on any atom is 0.247 e. The van der Waals surface area contributed by atoms with Gasteiger partial charge in [-0.05, 0) is 52.4 Å². The Balaban J connectivity index is 1.30. The third kappa shape index (κ3) is 3.03. The smallest absolute Gasteiger partial charge is 0.247 e. The molecule has 212 valence electrons. The summed E-state index contributed by atoms with van der Waals surface area (Å²) in [6.07, 6.45) is 0. The van der Waals surface area contributed by atoms with Crippen molar-refractivity contribution in [3.8, 4) is 34.0 Å². The van der Waals surface area contributed by atoms with Gasteiger partial charge in [0, 0.05) is 32.7 Å². The van der Waals surface area contributed by atoms with Crippen LogP contribution in [0, 0.1) is 0 Å². The van der Waals surface area contributed by atoms with Crippen LogP contribution in [0.4, 0.5) is 0 Å². The zero-order valence-corrected chi connectivity index (χ0v) is 24.8. The lowest BCUT2D eigenvalue weighted by atomic mass is 9.34. The van der Waals surface area contributed by atoms with E-state index in [9.17, 15) is 0 Å². The van der Waals surface area contributed by atoms with Crippen LogP contribution in [-0.4, -0.2) is 15.8 Å². The summed E-state index contributed by atoms with van der Waals surface area (Å²) in [5.41, 5.74) is 13.4. The van der Waals surface area contributed by atoms with Crippen molar-refractivity contribution in [3.63, 3.8) is 0 Å². The van der Waals surface area contributed by atoms with Crippen LogP contribution in [0.15, 0.2) is 152 Å². The fraction of sp³-hybridized carbons (Fsp3) is 0. The van der Waals surface area contributed by atoms with Gasteiger partial charge in [-0.3, -0.25) is 0 Å². The lowest BCUT2D eigenvalue weighted by Crippen LogP contribution is -2.56. The first-order chi connectivity index (χ1) is 22.8. The first-order valence-corrected chi connectivity index (χ1v) is 15.9. The van der Waals surface area contributed by atoms with Crippen molar-refractivity contribution in [3.05, 3.63) is 152 Å². The van der Waals surface area contributed by atoms with E-state index in [-0.39, 0.29) is 6.71 Å². The van der Waals surface area contributed by atoms with Crippen LogP contribution in [0.5, 0.6) is 11.5 Å². The summed E-state index contributed by atoms with van der Waals surface area (Å²) in [6.45, 7) is 0.0133. The minimum absolute atomic E-state index is 0.0133. The first kappa shape index (κ1) is 24.3. The van der Waals surface area contributed by atoms with Gasteiger partial charge in [-0.2, -0.15) is 0 Å². The first-order valence-electron chi connectivity index (χ1n) is 15.9. The number of benzene rings is 7. The summed E-state index contributed by atoms with van der Waals surface area (Å²) in [7, 11) is 0. The maximum atomic E-state index is 6.84. The largest absolute Gasteiger partial charge is 0.453 e. The number of nitrogens with zero attached hydrogens (tertiary/aromatic N) is 2. The molecule has 0 saturated carbocycles. The summed E-state index contributed by atoms with van der Waals surface area (Å²) in [6, 6.07) is 55.2. The molecule has 0 fully saturated rings. The molecule has 4 heteroatoms. The Morgan fingerprint density at radius 2 is 1.02 bits per heavy atom. The Bertz CT molecular complexity index is 2740. The van der Waals surface area contributed by atoms with E-state index >= 15 is 0 Å². The molecule has 4 heterocycles. The molecule has 2 aromatic heterocycles. The van der Waals surface area contributed by atoms with Gasteiger partial charge in [0.25, 0.3) is 0 Å². The van der Waals surface area contributed by atoms with E-state index in [1.165, 1.54) is 71.3 Å². The van der Waals surface area contributed by atoms with E-state index in [1.807, 2.05) is 0 Å². The normalized spacial score (nSPS) is 12.9. The molecule has 0 N–H and O–H groups in total. The van der Waals surface area contributed by atoms with Crippen LogP contribution in [0.3, 0.4) is 0 Å². The number of rotatable bonds is 2. The molecule has 0 bridgehead atoms. The van der Waals surface area contributed by atoms with Crippen LogP contribution >= 0.6 is 0 Å². The highest BCUT2D eigenvalue weighted by Crippen LogP contribution is 2.46. The number of aromatic nitrogens is 2. The number of para-hydroxylation sites is 4. The van der Waals surface area contributed by atoms with Crippen molar-refractivity contribution in [1.82, 2.24) is 9.13 Å². The van der Waals surface area contributed by atoms with Crippen LogP contribution < -0.4 is 21.1 Å². The van der Waals surface area contributed by atoms with Crippen molar-refractivity contribution >= 4 is 66.7 Å². The molecule has 7 aromatic carbocycles. The van der Waals surface area contributed by atoms with Gasteiger partial charge in [-0.25, -0.2) is 0 Å². The van der Waals surface area contributed by atoms with Crippen molar-refractivity contribution < 1.29 is 4.74 Å². The Morgan fingerprint density at radius 3 is 1.83 bits per heavy atom. The predicted molar refractivity (Wildman–Crippen MR) is 192 cm³/mol. The molecule has 0 unspecified atom stereocenters. The number of fused-ring (bicyclic) bond motifs is 10. The highest BCUT2D eigenvalue weighted by atomic mass is 16.5. The average Bonchev–Trinajstić information content (AvgIpc) is 3.64. The van der Waals surface area contributed by atoms with E-state index in [4.69, 9.17) is 4.74 Å². The molecule has 11 rings (SSSR count). The van der Waals surface area contributed by atoms with E-state index in [2.05, 4.69) is 161 Å². The minimum atomic E-state index is 0.0133. The third-order valence-corrected chi connectivity index (χ3v) is 10.2. The van der Waals surface area contributed by atoms with E-state index in [1.54, 1.807) is 0 Å². The van der Waals surface area contributed by atoms with Crippen molar-refractivity contribution in [2.24, 2.45) is 0 Å². The Labute approximate surface area is 265 Å². The molecule has 0 amide bonds. The number of hydrogen-bond acceptors (Lipinski definition) is 1. The lowest BCUT2D eigenvalue weighted by molar-refractivity contribution is 0.477. The Morgan fingerprint density at radius 1 is 0.413 bits per heavy atom. The van der Waals surface area contributed by atoms with Crippen LogP contribution in [0.25, 0.3) is 66.1 Å². The van der Waals surface area contributed by atoms with Gasteiger partial charge in [0.05, 0.1) is 22.2 Å². The van der Waals surface area contributed by atoms with Gasteiger partial charge in [-0.1, -0.05) is 127 Å². The van der Waals surface area contributed by atoms with Crippen LogP contribution in [0.1, 0.15) is 0 Å². The predicted octanol–water partition coefficient (Wildman–Crippen LogP) is 8.48. The fourth-order valence-corrected chi connectivity index (χ4v) is 8.35. The average molecular weight is 584 g/mol. The maximum absolute atomic E-state index is 6.84. The molecule has 0 atom stereocenters. The van der Waals surface area contributed by atoms with Gasteiger partial charge in [-0.15, -0.1) is 0 Å². The quantitative estimate of drug-likeness (QED) is 0.187. The van der Waals surface area contributed by atoms with E-state index in [0.29, 0.717) is 0 Å². The van der Waals surface area contributed by atoms with Crippen LogP contribution in [-0.2, 0) is 0 Å². The molecular weight excluding hydrogens is 559 g/mol. The summed E-state index contributed by atoms with van der Waals surface area (Å²) >= 11 is 0. The SMILES string of the molecule is c1ccc(-c2ccccc2B2c3cc4c(cc3-n3c5ccccc5c5cccc2c53)-n2c3ccccc3c3cccc(c32)O4)cc1. The van der Waals surface area contributed by atoms with E-state index in [0.717, 1.165) is 22.7 Å². The highest BCUT2D eigenvalue weighted by Gasteiger charge is 2.37. The second-order valence-electron chi connectivity index (χ2n) is 12.5. The summed E-state index contributed by atoms with van der Waals surface area (Å²) in [5.74, 6) is 1.78. The number of ether oxygens (including phenoxy) is 1. The highest BCUT2D eigenvalue weighted by molar-refractivity contribution is 6.98. The molecule has 9 aromatic rings. The molecule has 0 saturated heterocycles. The summed E-state index contributed by atoms with van der Waals surface area (Å²) in [5, 5.41) is 5.01. The molecule has 2 aliphatic heterocycles. The van der Waals surface area contributed by atoms with Gasteiger partial charge >= 0.3 is 0 Å². The zero-order chi connectivity index (χ0) is 29.9. The van der Waals surface area contributed by atoms with Crippen molar-refractivity contribution in [2.75, 3.05) is 0 Å². The standard InChI is InChI=1S/C42H25BN2O/c1-2-12-26(13-3-1)27-14-4-7-19-32(27)43-33-20-10-17-30-28-15-5-8-21-35(28)44(41(30)33)37-25-38-40(24-34(37)43)46-39-23-11-18-31-29-16-6-9-22-36(29)45(38)42(31)39/h1-25H. The van der Waals surface area contributed by atoms with Crippen LogP contribution in [0.2, 0.25) is 0 Å². The van der Waals surface area contributed by atoms with Crippen molar-refractivity contribution in [2.45, 2.75) is 0 Å². The number of hydrogen-bond donors (Lipinski definition) is 0. The lowest BCUT2D eigenvalue weighted by Gasteiger charge is -2.31. The van der Waals surface area contributed by atoms with E-state index < -0.39 is 0 Å². The monoisotopic (exact) mass is 584 g/mol. The third-order valence-electron chi connectivity index (χ3n) is 10.2. The molecule has 0 aliphatic carbocycles. The zero-order valence-electron chi connectivity index (χ0n) is 24.8. The summed E-state index contributed by atoms with van der Waals surface area (Å²) < 4.78 is 11.8. The second kappa shape index (κ2) is 8.80. The molecule has 0 spiro atoms. The fourth-order valence-electron chi connectivity index (χ4n) is 8.35. The second-order valence-corrected chi connectivity index (χ2v) is 12.5.